The number of ether oxygens (including phenoxy) is 3. The van der Waals surface area contributed by atoms with Crippen molar-refractivity contribution in [3.63, 3.8) is 0 Å². The molecule has 43 heavy (non-hydrogen) atoms. The van der Waals surface area contributed by atoms with Gasteiger partial charge in [-0.3, -0.25) is 4.79 Å². The van der Waals surface area contributed by atoms with E-state index in [1.54, 1.807) is 7.11 Å². The lowest BCUT2D eigenvalue weighted by Crippen LogP contribution is -2.47. The van der Waals surface area contributed by atoms with E-state index in [0.717, 1.165) is 22.3 Å². The van der Waals surface area contributed by atoms with Crippen LogP contribution in [0.25, 0.3) is 0 Å². The fourth-order valence-corrected chi connectivity index (χ4v) is 5.44. The van der Waals surface area contributed by atoms with Crippen LogP contribution < -0.4 is 10.6 Å². The minimum absolute atomic E-state index is 0.0495. The summed E-state index contributed by atoms with van der Waals surface area (Å²) < 4.78 is 15.6. The topological polar surface area (TPSA) is 126 Å². The van der Waals surface area contributed by atoms with Gasteiger partial charge in [-0.15, -0.1) is 0 Å². The predicted molar refractivity (Wildman–Crippen MR) is 162 cm³/mol. The fraction of sp³-hybridized carbons (Fsp3) is 0.412. The zero-order chi connectivity index (χ0) is 30.4. The average Bonchev–Trinajstić information content (AvgIpc) is 3.33. The second kappa shape index (κ2) is 16.8. The van der Waals surface area contributed by atoms with E-state index in [2.05, 4.69) is 10.6 Å². The maximum atomic E-state index is 13.8. The van der Waals surface area contributed by atoms with Crippen LogP contribution in [0.1, 0.15) is 34.7 Å². The first-order chi connectivity index (χ1) is 20.9. The van der Waals surface area contributed by atoms with Crippen LogP contribution in [0.15, 0.2) is 84.9 Å². The van der Waals surface area contributed by atoms with Gasteiger partial charge in [-0.2, -0.15) is 0 Å². The van der Waals surface area contributed by atoms with E-state index in [1.807, 2.05) is 84.9 Å². The number of aliphatic hydroxyl groups is 2. The molecule has 0 spiro atoms. The molecule has 3 aromatic rings. The number of alkyl carbamates (subject to hydrolysis) is 1. The molecule has 9 heteroatoms. The Labute approximate surface area is 253 Å². The first kappa shape index (κ1) is 32.2. The normalized spacial score (nSPS) is 17.8. The molecule has 0 saturated carbocycles. The molecule has 0 fully saturated rings. The Kier molecular flexibility index (Phi) is 12.5. The maximum Gasteiger partial charge on any atom is 0.407 e. The Morgan fingerprint density at radius 1 is 0.860 bits per heavy atom. The van der Waals surface area contributed by atoms with Gasteiger partial charge in [-0.25, -0.2) is 4.79 Å². The van der Waals surface area contributed by atoms with Crippen molar-refractivity contribution in [2.24, 2.45) is 5.92 Å². The standard InChI is InChI=1S/C34H42N2O7/c1-41-16-17-42-18-19-43-34(40)35-29(21-25-12-6-3-7-13-25)30(37)23-27(20-24-10-4-2-5-11-24)33(39)36-32-28-15-9-8-14-26(28)22-31(32)38/h2-15,27,29-32,37-38H,16-23H2,1H3,(H,35,40)(H,36,39)/t27?,29?,30?,31-,32-/m0/s1. The molecular formula is C34H42N2O7. The second-order valence-corrected chi connectivity index (χ2v) is 10.8. The molecule has 0 aliphatic heterocycles. The Bertz CT molecular complexity index is 1270. The van der Waals surface area contributed by atoms with Gasteiger partial charge in [0.25, 0.3) is 0 Å². The van der Waals surface area contributed by atoms with Crippen molar-refractivity contribution < 1.29 is 34.0 Å². The van der Waals surface area contributed by atoms with Crippen LogP contribution in [0.4, 0.5) is 4.79 Å². The van der Waals surface area contributed by atoms with E-state index >= 15 is 0 Å². The van der Waals surface area contributed by atoms with E-state index in [-0.39, 0.29) is 25.5 Å². The average molecular weight is 591 g/mol. The molecule has 2 amide bonds. The number of fused-ring (bicyclic) bond motifs is 1. The number of carbonyl (C=O) groups excluding carboxylic acids is 2. The lowest BCUT2D eigenvalue weighted by Gasteiger charge is -2.28. The van der Waals surface area contributed by atoms with Gasteiger partial charge >= 0.3 is 6.09 Å². The van der Waals surface area contributed by atoms with E-state index in [0.29, 0.717) is 32.5 Å². The number of aliphatic hydroxyl groups excluding tert-OH is 2. The van der Waals surface area contributed by atoms with Gasteiger partial charge in [-0.05, 0) is 41.5 Å². The van der Waals surface area contributed by atoms with Crippen molar-refractivity contribution >= 4 is 12.0 Å². The van der Waals surface area contributed by atoms with Crippen LogP contribution >= 0.6 is 0 Å². The van der Waals surface area contributed by atoms with Crippen molar-refractivity contribution in [3.8, 4) is 0 Å². The SMILES string of the molecule is COCCOCCOC(=O)NC(Cc1ccccc1)C(O)CC(Cc1ccccc1)C(=O)N[C@H]1c2ccccc2C[C@@H]1O. The highest BCUT2D eigenvalue weighted by molar-refractivity contribution is 5.80. The highest BCUT2D eigenvalue weighted by Crippen LogP contribution is 2.32. The minimum atomic E-state index is -1.06. The third kappa shape index (κ3) is 9.90. The largest absolute Gasteiger partial charge is 0.447 e. The lowest BCUT2D eigenvalue weighted by atomic mass is 9.88. The number of rotatable bonds is 16. The molecule has 5 atom stereocenters. The molecule has 0 saturated heterocycles. The van der Waals surface area contributed by atoms with Gasteiger partial charge in [0, 0.05) is 19.4 Å². The summed E-state index contributed by atoms with van der Waals surface area (Å²) in [4.78, 5) is 26.5. The first-order valence-corrected chi connectivity index (χ1v) is 14.8. The van der Waals surface area contributed by atoms with Gasteiger partial charge in [-0.1, -0.05) is 84.9 Å². The molecule has 0 heterocycles. The van der Waals surface area contributed by atoms with Crippen molar-refractivity contribution in [2.45, 2.75) is 50.0 Å². The smallest absolute Gasteiger partial charge is 0.407 e. The summed E-state index contributed by atoms with van der Waals surface area (Å²) in [6.45, 7) is 1.11. The lowest BCUT2D eigenvalue weighted by molar-refractivity contribution is -0.127. The summed E-state index contributed by atoms with van der Waals surface area (Å²) in [5, 5.41) is 28.1. The number of methoxy groups -OCH3 is 1. The van der Waals surface area contributed by atoms with E-state index in [4.69, 9.17) is 14.2 Å². The zero-order valence-corrected chi connectivity index (χ0v) is 24.6. The molecule has 0 aromatic heterocycles. The Hall–Kier alpha value is -3.76. The van der Waals surface area contributed by atoms with Gasteiger partial charge in [0.15, 0.2) is 0 Å². The second-order valence-electron chi connectivity index (χ2n) is 10.8. The molecule has 0 bridgehead atoms. The molecule has 3 aromatic carbocycles. The number of nitrogens with one attached hydrogen (secondary N) is 2. The molecule has 4 N–H and O–H groups in total. The molecule has 1 aliphatic rings. The number of carbonyl (C=O) groups is 2. The molecule has 9 nitrogen and oxygen atoms in total. The van der Waals surface area contributed by atoms with Crippen LogP contribution in [0.2, 0.25) is 0 Å². The molecular weight excluding hydrogens is 548 g/mol. The summed E-state index contributed by atoms with van der Waals surface area (Å²) in [6, 6.07) is 25.6. The summed E-state index contributed by atoms with van der Waals surface area (Å²) in [6.07, 6.45) is -1.19. The van der Waals surface area contributed by atoms with Crippen molar-refractivity contribution in [2.75, 3.05) is 33.5 Å². The van der Waals surface area contributed by atoms with Gasteiger partial charge < -0.3 is 35.1 Å². The molecule has 0 radical (unpaired) electrons. The Balaban J connectivity index is 1.46. The Morgan fingerprint density at radius 3 is 2.19 bits per heavy atom. The summed E-state index contributed by atoms with van der Waals surface area (Å²) in [5.74, 6) is -0.888. The number of hydrogen-bond acceptors (Lipinski definition) is 7. The van der Waals surface area contributed by atoms with Crippen molar-refractivity contribution in [3.05, 3.63) is 107 Å². The summed E-state index contributed by atoms with van der Waals surface area (Å²) in [5.41, 5.74) is 3.78. The quantitative estimate of drug-likeness (QED) is 0.189. The third-order valence-electron chi connectivity index (χ3n) is 7.68. The molecule has 3 unspecified atom stereocenters. The van der Waals surface area contributed by atoms with Crippen LogP contribution in [-0.2, 0) is 38.3 Å². The molecule has 4 rings (SSSR count). The predicted octanol–water partition coefficient (Wildman–Crippen LogP) is 3.37. The first-order valence-electron chi connectivity index (χ1n) is 14.8. The van der Waals surface area contributed by atoms with E-state index in [1.165, 1.54) is 0 Å². The van der Waals surface area contributed by atoms with Crippen molar-refractivity contribution in [1.82, 2.24) is 10.6 Å². The molecule has 230 valence electrons. The summed E-state index contributed by atoms with van der Waals surface area (Å²) in [7, 11) is 1.58. The number of benzene rings is 3. The number of amides is 2. The third-order valence-corrected chi connectivity index (χ3v) is 7.68. The highest BCUT2D eigenvalue weighted by atomic mass is 16.6. The van der Waals surface area contributed by atoms with E-state index in [9.17, 15) is 19.8 Å². The molecule has 1 aliphatic carbocycles. The van der Waals surface area contributed by atoms with Crippen LogP contribution in [0.5, 0.6) is 0 Å². The number of hydrogen-bond donors (Lipinski definition) is 4. The minimum Gasteiger partial charge on any atom is -0.447 e. The van der Waals surface area contributed by atoms with Crippen LogP contribution in [-0.4, -0.2) is 74.0 Å². The van der Waals surface area contributed by atoms with Gasteiger partial charge in [0.05, 0.1) is 44.1 Å². The highest BCUT2D eigenvalue weighted by Gasteiger charge is 2.35. The fourth-order valence-electron chi connectivity index (χ4n) is 5.44. The van der Waals surface area contributed by atoms with Crippen LogP contribution in [0, 0.1) is 5.92 Å². The Morgan fingerprint density at radius 2 is 1.49 bits per heavy atom. The monoisotopic (exact) mass is 590 g/mol. The maximum absolute atomic E-state index is 13.8. The zero-order valence-electron chi connectivity index (χ0n) is 24.6. The van der Waals surface area contributed by atoms with E-state index < -0.39 is 36.3 Å². The van der Waals surface area contributed by atoms with Crippen LogP contribution in [0.3, 0.4) is 0 Å². The van der Waals surface area contributed by atoms with Gasteiger partial charge in [0.2, 0.25) is 5.91 Å². The van der Waals surface area contributed by atoms with Gasteiger partial charge in [0.1, 0.15) is 6.61 Å². The summed E-state index contributed by atoms with van der Waals surface area (Å²) >= 11 is 0. The van der Waals surface area contributed by atoms with Crippen molar-refractivity contribution in [1.29, 1.82) is 0 Å².